The van der Waals surface area contributed by atoms with Gasteiger partial charge >= 0.3 is 10.5 Å². The maximum Gasteiger partial charge on any atom is 0.311 e. The summed E-state index contributed by atoms with van der Waals surface area (Å²) in [6.07, 6.45) is 6.01. The van der Waals surface area contributed by atoms with E-state index in [1.54, 1.807) is 0 Å². The van der Waals surface area contributed by atoms with E-state index in [1.165, 1.54) is 31.2 Å². The van der Waals surface area contributed by atoms with Gasteiger partial charge in [-0.1, -0.05) is 69.9 Å². The van der Waals surface area contributed by atoms with Crippen LogP contribution in [0.15, 0.2) is 34.7 Å². The Bertz CT molecular complexity index is 560. The van der Waals surface area contributed by atoms with Crippen LogP contribution in [0.2, 0.25) is 0 Å². The van der Waals surface area contributed by atoms with Crippen LogP contribution in [-0.4, -0.2) is 14.5 Å². The van der Waals surface area contributed by atoms with Crippen molar-refractivity contribution in [2.75, 3.05) is 0 Å². The molecular formula is C17H25NO2S. The maximum absolute atomic E-state index is 10.9. The molecule has 0 heterocycles. The molecule has 3 nitrogen and oxygen atoms in total. The van der Waals surface area contributed by atoms with Gasteiger partial charge in [-0.15, -0.1) is 0 Å². The van der Waals surface area contributed by atoms with Gasteiger partial charge in [-0.2, -0.15) is 12.8 Å². The van der Waals surface area contributed by atoms with Crippen LogP contribution in [0.1, 0.15) is 57.4 Å². The smallest absolute Gasteiger partial charge is 0.168 e. The first-order valence-electron chi connectivity index (χ1n) is 7.98. The molecule has 4 unspecified atom stereocenters. The zero-order chi connectivity index (χ0) is 15.2. The van der Waals surface area contributed by atoms with Crippen molar-refractivity contribution < 1.29 is 8.42 Å². The third-order valence-corrected chi connectivity index (χ3v) is 4.95. The van der Waals surface area contributed by atoms with E-state index in [1.807, 2.05) is 18.2 Å². The summed E-state index contributed by atoms with van der Waals surface area (Å²) in [6.45, 7) is 4.53. The number of nitrogens with zero attached hydrogens (tertiary/aromatic N) is 1. The van der Waals surface area contributed by atoms with E-state index >= 15 is 0 Å². The van der Waals surface area contributed by atoms with Crippen molar-refractivity contribution in [1.29, 1.82) is 0 Å². The molecule has 0 saturated heterocycles. The molecule has 1 aliphatic rings. The minimum absolute atomic E-state index is 0.0350. The van der Waals surface area contributed by atoms with E-state index in [-0.39, 0.29) is 6.04 Å². The van der Waals surface area contributed by atoms with E-state index < -0.39 is 10.5 Å². The Labute approximate surface area is 129 Å². The molecule has 0 spiro atoms. The van der Waals surface area contributed by atoms with Crippen molar-refractivity contribution >= 4 is 10.5 Å². The van der Waals surface area contributed by atoms with Gasteiger partial charge in [0.15, 0.2) is 0 Å². The monoisotopic (exact) mass is 307 g/mol. The number of benzene rings is 1. The van der Waals surface area contributed by atoms with Gasteiger partial charge in [0.05, 0.1) is 6.04 Å². The zero-order valence-corrected chi connectivity index (χ0v) is 13.7. The Morgan fingerprint density at radius 1 is 1.19 bits per heavy atom. The Balaban J connectivity index is 1.93. The van der Waals surface area contributed by atoms with Gasteiger partial charge in [-0.05, 0) is 23.8 Å². The zero-order valence-electron chi connectivity index (χ0n) is 12.9. The average Bonchev–Trinajstić information content (AvgIpc) is 3.12. The fourth-order valence-electron chi connectivity index (χ4n) is 3.41. The minimum atomic E-state index is -2.29. The second-order valence-electron chi connectivity index (χ2n) is 6.24. The summed E-state index contributed by atoms with van der Waals surface area (Å²) < 4.78 is 25.6. The molecule has 2 rings (SSSR count). The largest absolute Gasteiger partial charge is 0.311 e. The molecule has 0 radical (unpaired) electrons. The molecule has 0 N–H and O–H groups in total. The predicted molar refractivity (Wildman–Crippen MR) is 85.7 cm³/mol. The third kappa shape index (κ3) is 4.67. The lowest BCUT2D eigenvalue weighted by Crippen LogP contribution is -1.95. The Kier molecular flexibility index (Phi) is 5.97. The van der Waals surface area contributed by atoms with Gasteiger partial charge in [-0.3, -0.25) is 0 Å². The lowest BCUT2D eigenvalue weighted by Gasteiger charge is -2.08. The molecule has 1 aromatic rings. The van der Waals surface area contributed by atoms with Crippen molar-refractivity contribution in [2.45, 2.75) is 57.9 Å². The SMILES string of the molecule is CCCC(C)CCCC1C(N=S(=O)=O)C1c1ccccc1. The van der Waals surface area contributed by atoms with E-state index in [0.717, 1.165) is 12.3 Å². The topological polar surface area (TPSA) is 46.5 Å². The first-order valence-corrected chi connectivity index (χ1v) is 9.01. The molecule has 0 bridgehead atoms. The van der Waals surface area contributed by atoms with Gasteiger partial charge in [0, 0.05) is 5.92 Å². The van der Waals surface area contributed by atoms with Crippen LogP contribution in [0.3, 0.4) is 0 Å². The Hall–Kier alpha value is -1.16. The quantitative estimate of drug-likeness (QED) is 0.713. The van der Waals surface area contributed by atoms with Crippen molar-refractivity contribution in [1.82, 2.24) is 0 Å². The first kappa shape index (κ1) is 16.2. The lowest BCUT2D eigenvalue weighted by atomic mass is 9.97. The van der Waals surface area contributed by atoms with Crippen LogP contribution >= 0.6 is 0 Å². The highest BCUT2D eigenvalue weighted by molar-refractivity contribution is 7.61. The van der Waals surface area contributed by atoms with E-state index in [2.05, 4.69) is 30.3 Å². The summed E-state index contributed by atoms with van der Waals surface area (Å²) in [6, 6.07) is 10.2. The number of hydrogen-bond acceptors (Lipinski definition) is 3. The molecule has 0 aliphatic heterocycles. The van der Waals surface area contributed by atoms with Gasteiger partial charge in [-0.25, -0.2) is 0 Å². The van der Waals surface area contributed by atoms with Gasteiger partial charge in [0.2, 0.25) is 0 Å². The van der Waals surface area contributed by atoms with Crippen molar-refractivity contribution in [3.8, 4) is 0 Å². The van der Waals surface area contributed by atoms with E-state index in [9.17, 15) is 8.42 Å². The summed E-state index contributed by atoms with van der Waals surface area (Å²) in [5, 5.41) is 0. The van der Waals surface area contributed by atoms with Crippen LogP contribution < -0.4 is 0 Å². The minimum Gasteiger partial charge on any atom is -0.168 e. The van der Waals surface area contributed by atoms with Crippen molar-refractivity contribution in [3.63, 3.8) is 0 Å². The average molecular weight is 307 g/mol. The summed E-state index contributed by atoms with van der Waals surface area (Å²) in [5.74, 6) is 1.47. The molecule has 0 aromatic heterocycles. The molecule has 1 aromatic carbocycles. The van der Waals surface area contributed by atoms with Crippen molar-refractivity contribution in [3.05, 3.63) is 35.9 Å². The summed E-state index contributed by atoms with van der Waals surface area (Å²) >= 11 is 0. The molecule has 116 valence electrons. The van der Waals surface area contributed by atoms with Gasteiger partial charge in [0.1, 0.15) is 0 Å². The number of hydrogen-bond donors (Lipinski definition) is 0. The highest BCUT2D eigenvalue weighted by Gasteiger charge is 2.51. The van der Waals surface area contributed by atoms with Gasteiger partial charge < -0.3 is 0 Å². The molecule has 4 heteroatoms. The van der Waals surface area contributed by atoms with Gasteiger partial charge in [0.25, 0.3) is 0 Å². The van der Waals surface area contributed by atoms with E-state index in [4.69, 9.17) is 0 Å². The Morgan fingerprint density at radius 3 is 2.52 bits per heavy atom. The van der Waals surface area contributed by atoms with Crippen LogP contribution in [0.4, 0.5) is 0 Å². The second kappa shape index (κ2) is 7.74. The standard InChI is InChI=1S/C17H25NO2S/c1-3-8-13(2)9-7-12-15-16(17(15)18-21(19)20)14-10-5-4-6-11-14/h4-6,10-11,13,15-17H,3,7-9,12H2,1-2H3. The molecule has 1 saturated carbocycles. The molecule has 1 fully saturated rings. The van der Waals surface area contributed by atoms with Crippen LogP contribution in [0.25, 0.3) is 0 Å². The van der Waals surface area contributed by atoms with Crippen LogP contribution in [0, 0.1) is 11.8 Å². The molecule has 1 aliphatic carbocycles. The van der Waals surface area contributed by atoms with Crippen LogP contribution in [-0.2, 0) is 10.5 Å². The van der Waals surface area contributed by atoms with Crippen LogP contribution in [0.5, 0.6) is 0 Å². The molecular weight excluding hydrogens is 282 g/mol. The molecule has 21 heavy (non-hydrogen) atoms. The predicted octanol–water partition coefficient (Wildman–Crippen LogP) is 4.44. The fraction of sp³-hybridized carbons (Fsp3) is 0.647. The Morgan fingerprint density at radius 2 is 1.90 bits per heavy atom. The normalized spacial score (nSPS) is 25.3. The lowest BCUT2D eigenvalue weighted by molar-refractivity contribution is 0.449. The fourth-order valence-corrected chi connectivity index (χ4v) is 3.89. The molecule has 0 amide bonds. The second-order valence-corrected chi connectivity index (χ2v) is 6.88. The molecule has 4 atom stereocenters. The third-order valence-electron chi connectivity index (χ3n) is 4.54. The number of rotatable bonds is 8. The highest BCUT2D eigenvalue weighted by atomic mass is 32.2. The summed E-state index contributed by atoms with van der Waals surface area (Å²) in [7, 11) is -2.29. The maximum atomic E-state index is 10.9. The first-order chi connectivity index (χ1) is 10.1. The van der Waals surface area contributed by atoms with Crippen molar-refractivity contribution in [2.24, 2.45) is 16.2 Å². The summed E-state index contributed by atoms with van der Waals surface area (Å²) in [5.41, 5.74) is 1.23. The highest BCUT2D eigenvalue weighted by Crippen LogP contribution is 2.52. The summed E-state index contributed by atoms with van der Waals surface area (Å²) in [4.78, 5) is 0. The van der Waals surface area contributed by atoms with E-state index in [0.29, 0.717) is 11.8 Å².